The van der Waals surface area contributed by atoms with Gasteiger partial charge in [0.1, 0.15) is 0 Å². The van der Waals surface area contributed by atoms with Crippen molar-refractivity contribution in [3.8, 4) is 0 Å². The van der Waals surface area contributed by atoms with Crippen molar-refractivity contribution >= 4 is 23.6 Å². The number of urea groups is 1. The molecule has 0 bridgehead atoms. The van der Waals surface area contributed by atoms with E-state index in [0.717, 1.165) is 5.56 Å². The molecule has 0 aliphatic heterocycles. The second-order valence-corrected chi connectivity index (χ2v) is 5.74. The highest BCUT2D eigenvalue weighted by molar-refractivity contribution is 5.94. The number of nitrogens with two attached hydrogens (primary N) is 1. The Morgan fingerprint density at radius 2 is 1.81 bits per heavy atom. The van der Waals surface area contributed by atoms with Crippen molar-refractivity contribution in [3.63, 3.8) is 0 Å². The molecule has 0 aliphatic carbocycles. The van der Waals surface area contributed by atoms with Gasteiger partial charge in [0, 0.05) is 12.7 Å². The highest BCUT2D eigenvalue weighted by Crippen LogP contribution is 2.18. The van der Waals surface area contributed by atoms with Crippen LogP contribution in [0.5, 0.6) is 0 Å². The summed E-state index contributed by atoms with van der Waals surface area (Å²) < 4.78 is 5.08. The van der Waals surface area contributed by atoms with Crippen LogP contribution in [-0.4, -0.2) is 36.5 Å². The van der Waals surface area contributed by atoms with Crippen molar-refractivity contribution in [2.24, 2.45) is 5.73 Å². The SMILES string of the molecule is C[C@@H](c1ccccc1)N(C)C(=O)COC(=O)c1cccc(NC(N)=O)c1. The molecule has 136 valence electrons. The molecule has 7 heteroatoms. The van der Waals surface area contributed by atoms with Crippen LogP contribution in [0.15, 0.2) is 54.6 Å². The van der Waals surface area contributed by atoms with Gasteiger partial charge >= 0.3 is 12.0 Å². The number of nitrogens with zero attached hydrogens (tertiary/aromatic N) is 1. The third-order valence-corrected chi connectivity index (χ3v) is 3.95. The highest BCUT2D eigenvalue weighted by Gasteiger charge is 2.19. The van der Waals surface area contributed by atoms with Crippen LogP contribution in [0.1, 0.15) is 28.9 Å². The molecule has 3 amide bonds. The van der Waals surface area contributed by atoms with Gasteiger partial charge in [0.25, 0.3) is 5.91 Å². The van der Waals surface area contributed by atoms with E-state index in [2.05, 4.69) is 5.32 Å². The third-order valence-electron chi connectivity index (χ3n) is 3.95. The maximum absolute atomic E-state index is 12.3. The number of ether oxygens (including phenoxy) is 1. The van der Waals surface area contributed by atoms with E-state index < -0.39 is 12.0 Å². The van der Waals surface area contributed by atoms with E-state index in [-0.39, 0.29) is 24.1 Å². The molecule has 0 heterocycles. The lowest BCUT2D eigenvalue weighted by atomic mass is 10.1. The van der Waals surface area contributed by atoms with Gasteiger partial charge < -0.3 is 20.7 Å². The summed E-state index contributed by atoms with van der Waals surface area (Å²) in [6, 6.07) is 14.8. The second-order valence-electron chi connectivity index (χ2n) is 5.74. The summed E-state index contributed by atoms with van der Waals surface area (Å²) in [6.45, 7) is 1.52. The van der Waals surface area contributed by atoms with Gasteiger partial charge in [0.2, 0.25) is 0 Å². The minimum Gasteiger partial charge on any atom is -0.452 e. The first-order valence-electron chi connectivity index (χ1n) is 8.02. The van der Waals surface area contributed by atoms with Gasteiger partial charge in [0.15, 0.2) is 6.61 Å². The highest BCUT2D eigenvalue weighted by atomic mass is 16.5. The fourth-order valence-corrected chi connectivity index (χ4v) is 2.35. The summed E-state index contributed by atoms with van der Waals surface area (Å²) in [5.41, 5.74) is 6.61. The Labute approximate surface area is 151 Å². The molecule has 0 radical (unpaired) electrons. The molecule has 0 saturated carbocycles. The smallest absolute Gasteiger partial charge is 0.338 e. The largest absolute Gasteiger partial charge is 0.452 e. The second kappa shape index (κ2) is 8.66. The molecule has 0 unspecified atom stereocenters. The lowest BCUT2D eigenvalue weighted by Gasteiger charge is -2.25. The van der Waals surface area contributed by atoms with Crippen LogP contribution < -0.4 is 11.1 Å². The number of primary amides is 1. The number of hydrogen-bond donors (Lipinski definition) is 2. The van der Waals surface area contributed by atoms with Crippen molar-refractivity contribution in [2.75, 3.05) is 19.0 Å². The van der Waals surface area contributed by atoms with E-state index in [1.807, 2.05) is 37.3 Å². The van der Waals surface area contributed by atoms with Crippen molar-refractivity contribution < 1.29 is 19.1 Å². The lowest BCUT2D eigenvalue weighted by molar-refractivity contribution is -0.135. The maximum atomic E-state index is 12.3. The molecular weight excluding hydrogens is 334 g/mol. The Morgan fingerprint density at radius 1 is 1.12 bits per heavy atom. The molecule has 26 heavy (non-hydrogen) atoms. The predicted molar refractivity (Wildman–Crippen MR) is 97.6 cm³/mol. The summed E-state index contributed by atoms with van der Waals surface area (Å²) in [5, 5.41) is 2.37. The summed E-state index contributed by atoms with van der Waals surface area (Å²) in [5.74, 6) is -0.978. The number of likely N-dealkylation sites (N-methyl/N-ethyl adjacent to an activating group) is 1. The number of hydrogen-bond acceptors (Lipinski definition) is 4. The predicted octanol–water partition coefficient (Wildman–Crippen LogP) is 2.55. The van der Waals surface area contributed by atoms with Gasteiger partial charge in [-0.05, 0) is 30.7 Å². The maximum Gasteiger partial charge on any atom is 0.338 e. The standard InChI is InChI=1S/C19H21N3O4/c1-13(14-7-4-3-5-8-14)22(2)17(23)12-26-18(24)15-9-6-10-16(11-15)21-19(20)25/h3-11,13H,12H2,1-2H3,(H3,20,21,25)/t13-/m0/s1. The summed E-state index contributed by atoms with van der Waals surface area (Å²) in [6.07, 6.45) is 0. The van der Waals surface area contributed by atoms with E-state index in [4.69, 9.17) is 10.5 Å². The number of amides is 3. The van der Waals surface area contributed by atoms with E-state index in [1.54, 1.807) is 19.2 Å². The number of carbonyl (C=O) groups is 3. The number of esters is 1. The van der Waals surface area contributed by atoms with Crippen LogP contribution in [0, 0.1) is 0 Å². The first-order valence-corrected chi connectivity index (χ1v) is 8.02. The first-order chi connectivity index (χ1) is 12.4. The lowest BCUT2D eigenvalue weighted by Crippen LogP contribution is -2.33. The Morgan fingerprint density at radius 3 is 2.46 bits per heavy atom. The average Bonchev–Trinajstić information content (AvgIpc) is 2.65. The van der Waals surface area contributed by atoms with Crippen molar-refractivity contribution in [2.45, 2.75) is 13.0 Å². The molecule has 7 nitrogen and oxygen atoms in total. The number of rotatable bonds is 6. The minimum atomic E-state index is -0.734. The summed E-state index contributed by atoms with van der Waals surface area (Å²) in [4.78, 5) is 36.8. The third kappa shape index (κ3) is 5.07. The van der Waals surface area contributed by atoms with Crippen LogP contribution >= 0.6 is 0 Å². The van der Waals surface area contributed by atoms with Gasteiger partial charge in [-0.15, -0.1) is 0 Å². The van der Waals surface area contributed by atoms with E-state index in [9.17, 15) is 14.4 Å². The summed E-state index contributed by atoms with van der Waals surface area (Å²) in [7, 11) is 1.66. The van der Waals surface area contributed by atoms with E-state index >= 15 is 0 Å². The Kier molecular flexibility index (Phi) is 6.32. The van der Waals surface area contributed by atoms with Gasteiger partial charge in [-0.3, -0.25) is 4.79 Å². The van der Waals surface area contributed by atoms with Crippen LogP contribution in [0.4, 0.5) is 10.5 Å². The van der Waals surface area contributed by atoms with Crippen molar-refractivity contribution in [1.82, 2.24) is 4.90 Å². The fraction of sp³-hybridized carbons (Fsp3) is 0.211. The molecule has 0 spiro atoms. The molecule has 0 aromatic heterocycles. The van der Waals surface area contributed by atoms with Crippen molar-refractivity contribution in [1.29, 1.82) is 0 Å². The topological polar surface area (TPSA) is 102 Å². The Hall–Kier alpha value is -3.35. The molecule has 0 fully saturated rings. The van der Waals surface area contributed by atoms with Gasteiger partial charge in [-0.25, -0.2) is 9.59 Å². The van der Waals surface area contributed by atoms with Crippen LogP contribution in [-0.2, 0) is 9.53 Å². The molecule has 3 N–H and O–H groups in total. The van der Waals surface area contributed by atoms with Crippen LogP contribution in [0.2, 0.25) is 0 Å². The number of anilines is 1. The molecule has 2 aromatic rings. The quantitative estimate of drug-likeness (QED) is 0.777. The van der Waals surface area contributed by atoms with Gasteiger partial charge in [-0.2, -0.15) is 0 Å². The molecule has 2 aromatic carbocycles. The monoisotopic (exact) mass is 355 g/mol. The Balaban J connectivity index is 1.94. The molecule has 1 atom stereocenters. The number of carbonyl (C=O) groups excluding carboxylic acids is 3. The number of benzene rings is 2. The number of nitrogens with one attached hydrogen (secondary N) is 1. The first kappa shape index (κ1) is 19.0. The van der Waals surface area contributed by atoms with E-state index in [1.165, 1.54) is 17.0 Å². The normalized spacial score (nSPS) is 11.3. The van der Waals surface area contributed by atoms with Gasteiger partial charge in [0.05, 0.1) is 11.6 Å². The Bertz CT molecular complexity index is 792. The zero-order valence-corrected chi connectivity index (χ0v) is 14.6. The van der Waals surface area contributed by atoms with Crippen molar-refractivity contribution in [3.05, 3.63) is 65.7 Å². The minimum absolute atomic E-state index is 0.148. The summed E-state index contributed by atoms with van der Waals surface area (Å²) >= 11 is 0. The molecule has 2 rings (SSSR count). The van der Waals surface area contributed by atoms with E-state index in [0.29, 0.717) is 5.69 Å². The van der Waals surface area contributed by atoms with Gasteiger partial charge in [-0.1, -0.05) is 36.4 Å². The van der Waals surface area contributed by atoms with Crippen LogP contribution in [0.25, 0.3) is 0 Å². The zero-order chi connectivity index (χ0) is 19.1. The fourth-order valence-electron chi connectivity index (χ4n) is 2.35. The zero-order valence-electron chi connectivity index (χ0n) is 14.6. The molecular formula is C19H21N3O4. The average molecular weight is 355 g/mol. The van der Waals surface area contributed by atoms with Crippen LogP contribution in [0.3, 0.4) is 0 Å². The molecule has 0 saturated heterocycles. The molecule has 0 aliphatic rings.